The maximum Gasteiger partial charge on any atom is 0.147 e. The van der Waals surface area contributed by atoms with Crippen molar-refractivity contribution in [3.8, 4) is 6.07 Å². The van der Waals surface area contributed by atoms with Crippen LogP contribution < -0.4 is 0 Å². The fourth-order valence-electron chi connectivity index (χ4n) is 2.67. The van der Waals surface area contributed by atoms with Crippen LogP contribution in [0.3, 0.4) is 0 Å². The maximum absolute atomic E-state index is 8.80. The van der Waals surface area contributed by atoms with Crippen LogP contribution in [0.1, 0.15) is 36.3 Å². The summed E-state index contributed by atoms with van der Waals surface area (Å²) in [5, 5.41) is 21.3. The third-order valence-electron chi connectivity index (χ3n) is 4.00. The number of likely N-dealkylation sites (tertiary alicyclic amines) is 1. The van der Waals surface area contributed by atoms with E-state index in [9.17, 15) is 0 Å². The van der Waals surface area contributed by atoms with Gasteiger partial charge >= 0.3 is 0 Å². The summed E-state index contributed by atoms with van der Waals surface area (Å²) in [6.45, 7) is 2.74. The van der Waals surface area contributed by atoms with Gasteiger partial charge in [-0.15, -0.1) is 10.2 Å². The summed E-state index contributed by atoms with van der Waals surface area (Å²) in [6, 6.07) is 3.10. The molecule has 0 N–H and O–H groups in total. The fourth-order valence-corrected chi connectivity index (χ4v) is 2.67. The molecule has 1 saturated carbocycles. The molecule has 102 valence electrons. The molecule has 7 heteroatoms. The highest BCUT2D eigenvalue weighted by atomic mass is 15.4. The van der Waals surface area contributed by atoms with E-state index in [1.165, 1.54) is 12.8 Å². The van der Waals surface area contributed by atoms with E-state index < -0.39 is 0 Å². The zero-order valence-corrected chi connectivity index (χ0v) is 11.1. The zero-order valence-electron chi connectivity index (χ0n) is 11.1. The van der Waals surface area contributed by atoms with E-state index in [2.05, 4.69) is 30.8 Å². The van der Waals surface area contributed by atoms with Gasteiger partial charge in [0.15, 0.2) is 0 Å². The van der Waals surface area contributed by atoms with Crippen LogP contribution in [0, 0.1) is 11.3 Å². The van der Waals surface area contributed by atoms with Crippen molar-refractivity contribution in [3.63, 3.8) is 0 Å². The van der Waals surface area contributed by atoms with E-state index in [0.29, 0.717) is 17.6 Å². The van der Waals surface area contributed by atoms with Crippen LogP contribution in [-0.4, -0.2) is 42.5 Å². The second kappa shape index (κ2) is 4.42. The van der Waals surface area contributed by atoms with Crippen molar-refractivity contribution in [2.75, 3.05) is 13.1 Å². The Morgan fingerprint density at radius 2 is 2.15 bits per heavy atom. The number of hydrogen-bond acceptors (Lipinski definition) is 5. The predicted molar refractivity (Wildman–Crippen MR) is 69.5 cm³/mol. The first-order chi connectivity index (χ1) is 9.83. The largest absolute Gasteiger partial charge is 0.313 e. The lowest BCUT2D eigenvalue weighted by Crippen LogP contribution is -2.47. The minimum absolute atomic E-state index is 0.370. The highest BCUT2D eigenvalue weighted by Crippen LogP contribution is 2.35. The van der Waals surface area contributed by atoms with Gasteiger partial charge in [0.1, 0.15) is 18.2 Å². The number of rotatable bonds is 4. The molecular weight excluding hydrogens is 254 g/mol. The Labute approximate surface area is 116 Å². The maximum atomic E-state index is 8.80. The summed E-state index contributed by atoms with van der Waals surface area (Å²) < 4.78 is 4.09. The molecule has 1 aliphatic heterocycles. The summed E-state index contributed by atoms with van der Waals surface area (Å²) in [5.41, 5.74) is 0.622. The molecule has 0 unspecified atom stereocenters. The van der Waals surface area contributed by atoms with Gasteiger partial charge in [-0.1, -0.05) is 0 Å². The Morgan fingerprint density at radius 3 is 2.85 bits per heavy atom. The van der Waals surface area contributed by atoms with Crippen LogP contribution in [0.5, 0.6) is 0 Å². The summed E-state index contributed by atoms with van der Waals surface area (Å²) in [4.78, 5) is 2.33. The lowest BCUT2D eigenvalue weighted by Gasteiger charge is -2.38. The molecule has 0 aromatic carbocycles. The first-order valence-electron chi connectivity index (χ1n) is 6.88. The standard InChI is InChI=1S/C13H15N7/c14-3-10-4-16-20(5-10)12-6-18(7-12)8-13-17-15-9-19(13)11-1-2-11/h4-5,9,11-12H,1-2,6-8H2. The third kappa shape index (κ3) is 1.98. The van der Waals surface area contributed by atoms with Crippen molar-refractivity contribution in [1.82, 2.24) is 29.4 Å². The van der Waals surface area contributed by atoms with Gasteiger partial charge in [-0.05, 0) is 12.8 Å². The molecule has 0 atom stereocenters. The highest BCUT2D eigenvalue weighted by molar-refractivity contribution is 5.22. The molecule has 2 fully saturated rings. The van der Waals surface area contributed by atoms with Crippen LogP contribution in [0.4, 0.5) is 0 Å². The predicted octanol–water partition coefficient (Wildman–Crippen LogP) is 0.738. The van der Waals surface area contributed by atoms with Gasteiger partial charge in [-0.25, -0.2) is 0 Å². The van der Waals surface area contributed by atoms with Gasteiger partial charge in [0.25, 0.3) is 0 Å². The Balaban J connectivity index is 1.37. The summed E-state index contributed by atoms with van der Waals surface area (Å²) in [5.74, 6) is 1.06. The SMILES string of the molecule is N#Cc1cnn(C2CN(Cc3nncn3C3CC3)C2)c1. The minimum atomic E-state index is 0.370. The van der Waals surface area contributed by atoms with Gasteiger partial charge in [-0.2, -0.15) is 10.4 Å². The molecule has 2 aromatic rings. The molecule has 2 aromatic heterocycles. The summed E-state index contributed by atoms with van der Waals surface area (Å²) >= 11 is 0. The van der Waals surface area contributed by atoms with E-state index in [4.69, 9.17) is 5.26 Å². The second-order valence-electron chi connectivity index (χ2n) is 5.55. The fraction of sp³-hybridized carbons (Fsp3) is 0.538. The van der Waals surface area contributed by atoms with E-state index in [0.717, 1.165) is 25.5 Å². The highest BCUT2D eigenvalue weighted by Gasteiger charge is 2.32. The zero-order chi connectivity index (χ0) is 13.5. The number of nitriles is 1. The molecule has 1 saturated heterocycles. The lowest BCUT2D eigenvalue weighted by molar-refractivity contribution is 0.0867. The molecule has 1 aliphatic carbocycles. The van der Waals surface area contributed by atoms with Crippen molar-refractivity contribution in [2.45, 2.75) is 31.5 Å². The second-order valence-corrected chi connectivity index (χ2v) is 5.55. The molecule has 0 amide bonds. The molecule has 0 spiro atoms. The van der Waals surface area contributed by atoms with Crippen molar-refractivity contribution in [2.24, 2.45) is 0 Å². The first-order valence-corrected chi connectivity index (χ1v) is 6.88. The molecule has 0 radical (unpaired) electrons. The van der Waals surface area contributed by atoms with E-state index >= 15 is 0 Å². The number of aromatic nitrogens is 5. The average Bonchev–Trinajstić information content (AvgIpc) is 2.98. The molecule has 2 aliphatic rings. The monoisotopic (exact) mass is 269 g/mol. The van der Waals surface area contributed by atoms with Crippen LogP contribution in [0.2, 0.25) is 0 Å². The quantitative estimate of drug-likeness (QED) is 0.818. The molecule has 7 nitrogen and oxygen atoms in total. The normalized spacial score (nSPS) is 19.8. The van der Waals surface area contributed by atoms with Crippen molar-refractivity contribution in [1.29, 1.82) is 5.26 Å². The van der Waals surface area contributed by atoms with E-state index in [1.54, 1.807) is 6.20 Å². The summed E-state index contributed by atoms with van der Waals surface area (Å²) in [7, 11) is 0. The molecule has 0 bridgehead atoms. The van der Waals surface area contributed by atoms with Crippen LogP contribution in [0.25, 0.3) is 0 Å². The van der Waals surface area contributed by atoms with Crippen LogP contribution in [0.15, 0.2) is 18.7 Å². The van der Waals surface area contributed by atoms with Gasteiger partial charge in [0, 0.05) is 25.3 Å². The van der Waals surface area contributed by atoms with E-state index in [-0.39, 0.29) is 0 Å². The van der Waals surface area contributed by atoms with E-state index in [1.807, 2.05) is 17.2 Å². The molecule has 4 rings (SSSR count). The lowest BCUT2D eigenvalue weighted by atomic mass is 10.1. The Kier molecular flexibility index (Phi) is 2.57. The molecule has 20 heavy (non-hydrogen) atoms. The number of nitrogens with zero attached hydrogens (tertiary/aromatic N) is 7. The van der Waals surface area contributed by atoms with Crippen molar-refractivity contribution in [3.05, 3.63) is 30.1 Å². The minimum Gasteiger partial charge on any atom is -0.313 e. The summed E-state index contributed by atoms with van der Waals surface area (Å²) in [6.07, 6.45) is 7.77. The Morgan fingerprint density at radius 1 is 1.30 bits per heavy atom. The van der Waals surface area contributed by atoms with Gasteiger partial charge in [0.2, 0.25) is 0 Å². The Bertz CT molecular complexity index is 654. The smallest absolute Gasteiger partial charge is 0.147 e. The van der Waals surface area contributed by atoms with Crippen LogP contribution in [-0.2, 0) is 6.54 Å². The van der Waals surface area contributed by atoms with Crippen molar-refractivity contribution >= 4 is 0 Å². The Hall–Kier alpha value is -2.20. The molecule has 3 heterocycles. The van der Waals surface area contributed by atoms with Crippen molar-refractivity contribution < 1.29 is 0 Å². The molecular formula is C13H15N7. The van der Waals surface area contributed by atoms with Gasteiger partial charge in [-0.3, -0.25) is 9.58 Å². The van der Waals surface area contributed by atoms with Gasteiger partial charge in [0.05, 0.1) is 24.3 Å². The number of hydrogen-bond donors (Lipinski definition) is 0. The van der Waals surface area contributed by atoms with Gasteiger partial charge < -0.3 is 4.57 Å². The average molecular weight is 269 g/mol. The first kappa shape index (κ1) is 11.6. The van der Waals surface area contributed by atoms with Crippen LogP contribution >= 0.6 is 0 Å². The third-order valence-corrected chi connectivity index (χ3v) is 4.00. The topological polar surface area (TPSA) is 75.6 Å².